The molecule has 1 heterocycles. The molecule has 1 aromatic heterocycles. The van der Waals surface area contributed by atoms with Crippen molar-refractivity contribution in [2.24, 2.45) is 7.05 Å². The highest BCUT2D eigenvalue weighted by atomic mass is 16.4. The van der Waals surface area contributed by atoms with Gasteiger partial charge in [-0.2, -0.15) is 5.10 Å². The van der Waals surface area contributed by atoms with Gasteiger partial charge in [-0.05, 0) is 19.8 Å². The molecule has 0 bridgehead atoms. The highest BCUT2D eigenvalue weighted by Gasteiger charge is 2.41. The van der Waals surface area contributed by atoms with Crippen molar-refractivity contribution in [3.8, 4) is 0 Å². The normalized spacial score (nSPS) is 18.0. The van der Waals surface area contributed by atoms with Gasteiger partial charge in [0.1, 0.15) is 5.54 Å². The third kappa shape index (κ3) is 2.47. The molecule has 0 radical (unpaired) electrons. The average molecular weight is 265 g/mol. The van der Waals surface area contributed by atoms with E-state index >= 15 is 0 Å². The van der Waals surface area contributed by atoms with Crippen molar-refractivity contribution >= 4 is 11.9 Å². The smallest absolute Gasteiger partial charge is 0.329 e. The number of carboxylic acid groups (broad SMARTS) is 1. The third-order valence-electron chi connectivity index (χ3n) is 3.95. The molecule has 2 N–H and O–H groups in total. The number of carbonyl (C=O) groups is 2. The van der Waals surface area contributed by atoms with Crippen LogP contribution in [-0.4, -0.2) is 32.3 Å². The van der Waals surface area contributed by atoms with Gasteiger partial charge in [0, 0.05) is 12.7 Å². The quantitative estimate of drug-likeness (QED) is 0.861. The molecule has 104 valence electrons. The molecule has 0 aromatic carbocycles. The first-order valence-electron chi connectivity index (χ1n) is 6.51. The molecule has 6 nitrogen and oxygen atoms in total. The minimum absolute atomic E-state index is 0.352. The minimum atomic E-state index is -1.11. The first-order valence-corrected chi connectivity index (χ1v) is 6.51. The number of aliphatic carboxylic acids is 1. The van der Waals surface area contributed by atoms with Crippen LogP contribution in [0.25, 0.3) is 0 Å². The number of carbonyl (C=O) groups excluding carboxylic acids is 1. The Balaban J connectivity index is 2.20. The van der Waals surface area contributed by atoms with Gasteiger partial charge in [0.05, 0.1) is 11.8 Å². The molecule has 1 aliphatic carbocycles. The van der Waals surface area contributed by atoms with E-state index in [-0.39, 0.29) is 5.91 Å². The number of hydrogen-bond acceptors (Lipinski definition) is 3. The highest BCUT2D eigenvalue weighted by Crippen LogP contribution is 2.29. The van der Waals surface area contributed by atoms with E-state index in [0.29, 0.717) is 18.4 Å². The molecule has 19 heavy (non-hydrogen) atoms. The van der Waals surface area contributed by atoms with E-state index in [4.69, 9.17) is 0 Å². The highest BCUT2D eigenvalue weighted by molar-refractivity contribution is 5.98. The summed E-state index contributed by atoms with van der Waals surface area (Å²) in [5, 5.41) is 16.1. The summed E-state index contributed by atoms with van der Waals surface area (Å²) in [6.07, 6.45) is 5.15. The van der Waals surface area contributed by atoms with Gasteiger partial charge in [-0.3, -0.25) is 9.48 Å². The van der Waals surface area contributed by atoms with Crippen molar-refractivity contribution < 1.29 is 14.7 Å². The number of aromatic nitrogens is 2. The van der Waals surface area contributed by atoms with Crippen LogP contribution in [0.5, 0.6) is 0 Å². The Labute approximate surface area is 111 Å². The summed E-state index contributed by atoms with van der Waals surface area (Å²) in [6.45, 7) is 1.79. The molecule has 1 aromatic rings. The number of amides is 1. The summed E-state index contributed by atoms with van der Waals surface area (Å²) in [5.41, 5.74) is 0.0555. The van der Waals surface area contributed by atoms with Gasteiger partial charge in [-0.1, -0.05) is 19.3 Å². The molecule has 1 fully saturated rings. The van der Waals surface area contributed by atoms with Crippen LogP contribution in [0.1, 0.15) is 48.2 Å². The predicted molar refractivity (Wildman–Crippen MR) is 68.9 cm³/mol. The topological polar surface area (TPSA) is 84.2 Å². The average Bonchev–Trinajstić information content (AvgIpc) is 2.71. The van der Waals surface area contributed by atoms with E-state index in [1.165, 1.54) is 6.20 Å². The number of nitrogens with one attached hydrogen (secondary N) is 1. The van der Waals surface area contributed by atoms with Crippen molar-refractivity contribution in [1.82, 2.24) is 15.1 Å². The lowest BCUT2D eigenvalue weighted by Crippen LogP contribution is -2.55. The van der Waals surface area contributed by atoms with E-state index in [1.807, 2.05) is 0 Å². The minimum Gasteiger partial charge on any atom is -0.480 e. The molecular formula is C13H19N3O3. The monoisotopic (exact) mass is 265 g/mol. The summed E-state index contributed by atoms with van der Waals surface area (Å²) in [5.74, 6) is -1.29. The van der Waals surface area contributed by atoms with Crippen LogP contribution >= 0.6 is 0 Å². The van der Waals surface area contributed by atoms with Crippen molar-refractivity contribution in [2.45, 2.75) is 44.6 Å². The maximum atomic E-state index is 12.2. The van der Waals surface area contributed by atoms with Crippen LogP contribution in [-0.2, 0) is 11.8 Å². The lowest BCUT2D eigenvalue weighted by atomic mass is 9.81. The fourth-order valence-electron chi connectivity index (χ4n) is 2.55. The second-order valence-corrected chi connectivity index (χ2v) is 5.17. The lowest BCUT2D eigenvalue weighted by Gasteiger charge is -2.33. The van der Waals surface area contributed by atoms with Gasteiger partial charge in [-0.25, -0.2) is 4.79 Å². The summed E-state index contributed by atoms with van der Waals surface area (Å²) in [4.78, 5) is 23.7. The summed E-state index contributed by atoms with van der Waals surface area (Å²) < 4.78 is 1.60. The van der Waals surface area contributed by atoms with Gasteiger partial charge < -0.3 is 10.4 Å². The molecule has 0 aliphatic heterocycles. The zero-order valence-corrected chi connectivity index (χ0v) is 11.3. The molecule has 6 heteroatoms. The molecule has 1 aliphatic rings. The Morgan fingerprint density at radius 2 is 2.00 bits per heavy atom. The van der Waals surface area contributed by atoms with Crippen molar-refractivity contribution in [1.29, 1.82) is 0 Å². The van der Waals surface area contributed by atoms with Crippen LogP contribution in [0.4, 0.5) is 0 Å². The Morgan fingerprint density at radius 1 is 1.37 bits per heavy atom. The fourth-order valence-corrected chi connectivity index (χ4v) is 2.55. The lowest BCUT2D eigenvalue weighted by molar-refractivity contribution is -0.145. The Bertz CT molecular complexity index is 501. The molecule has 0 atom stereocenters. The molecule has 1 amide bonds. The molecule has 0 spiro atoms. The van der Waals surface area contributed by atoms with E-state index in [0.717, 1.165) is 25.0 Å². The van der Waals surface area contributed by atoms with Gasteiger partial charge in [0.2, 0.25) is 0 Å². The van der Waals surface area contributed by atoms with Gasteiger partial charge in [0.15, 0.2) is 0 Å². The molecule has 2 rings (SSSR count). The van der Waals surface area contributed by atoms with Crippen LogP contribution in [0, 0.1) is 6.92 Å². The van der Waals surface area contributed by atoms with Crippen LogP contribution < -0.4 is 5.32 Å². The Kier molecular flexibility index (Phi) is 3.59. The Hall–Kier alpha value is -1.85. The van der Waals surface area contributed by atoms with E-state index in [2.05, 4.69) is 10.4 Å². The number of rotatable bonds is 3. The number of aryl methyl sites for hydroxylation is 1. The van der Waals surface area contributed by atoms with Crippen LogP contribution in [0.3, 0.4) is 0 Å². The van der Waals surface area contributed by atoms with Gasteiger partial charge in [-0.15, -0.1) is 0 Å². The maximum absolute atomic E-state index is 12.2. The van der Waals surface area contributed by atoms with Gasteiger partial charge >= 0.3 is 5.97 Å². The zero-order chi connectivity index (χ0) is 14.0. The standard InChI is InChI=1S/C13H19N3O3/c1-9-10(8-14-16(9)2)11(17)15-13(12(18)19)6-4-3-5-7-13/h8H,3-7H2,1-2H3,(H,15,17)(H,18,19). The summed E-state index contributed by atoms with van der Waals surface area (Å²) in [6, 6.07) is 0. The SMILES string of the molecule is Cc1c(C(=O)NC2(C(=O)O)CCCCC2)cnn1C. The van der Waals surface area contributed by atoms with Crippen molar-refractivity contribution in [2.75, 3.05) is 0 Å². The van der Waals surface area contributed by atoms with E-state index in [9.17, 15) is 14.7 Å². The molecule has 1 saturated carbocycles. The second-order valence-electron chi connectivity index (χ2n) is 5.17. The number of carboxylic acids is 1. The molecule has 0 saturated heterocycles. The predicted octanol–water partition coefficient (Wildman–Crippen LogP) is 1.25. The van der Waals surface area contributed by atoms with E-state index in [1.54, 1.807) is 18.7 Å². The summed E-state index contributed by atoms with van der Waals surface area (Å²) in [7, 11) is 1.75. The second kappa shape index (κ2) is 5.03. The number of hydrogen-bond donors (Lipinski definition) is 2. The first kappa shape index (κ1) is 13.6. The molecule has 0 unspecified atom stereocenters. The third-order valence-corrected chi connectivity index (χ3v) is 3.95. The van der Waals surface area contributed by atoms with Crippen molar-refractivity contribution in [3.05, 3.63) is 17.5 Å². The first-order chi connectivity index (χ1) is 8.96. The van der Waals surface area contributed by atoms with Crippen LogP contribution in [0.2, 0.25) is 0 Å². The maximum Gasteiger partial charge on any atom is 0.329 e. The zero-order valence-electron chi connectivity index (χ0n) is 11.3. The van der Waals surface area contributed by atoms with Crippen LogP contribution in [0.15, 0.2) is 6.20 Å². The van der Waals surface area contributed by atoms with Crippen molar-refractivity contribution in [3.63, 3.8) is 0 Å². The molecular weight excluding hydrogens is 246 g/mol. The Morgan fingerprint density at radius 3 is 2.47 bits per heavy atom. The number of nitrogens with zero attached hydrogens (tertiary/aromatic N) is 2. The van der Waals surface area contributed by atoms with Gasteiger partial charge in [0.25, 0.3) is 5.91 Å². The van der Waals surface area contributed by atoms with E-state index < -0.39 is 11.5 Å². The fraction of sp³-hybridized carbons (Fsp3) is 0.615. The summed E-state index contributed by atoms with van der Waals surface area (Å²) >= 11 is 0. The largest absolute Gasteiger partial charge is 0.480 e.